The van der Waals surface area contributed by atoms with Crippen molar-refractivity contribution in [2.75, 3.05) is 0 Å². The van der Waals surface area contributed by atoms with Crippen LogP contribution in [0.25, 0.3) is 5.65 Å². The van der Waals surface area contributed by atoms with Gasteiger partial charge in [-0.3, -0.25) is 0 Å². The predicted molar refractivity (Wildman–Crippen MR) is 86.2 cm³/mol. The van der Waals surface area contributed by atoms with Gasteiger partial charge in [-0.05, 0) is 19.1 Å². The molecule has 0 N–H and O–H groups in total. The van der Waals surface area contributed by atoms with Gasteiger partial charge in [-0.15, -0.1) is 0 Å². The van der Waals surface area contributed by atoms with E-state index in [1.165, 1.54) is 22.5 Å². The lowest BCUT2D eigenvalue weighted by molar-refractivity contribution is -0.137. The molecule has 5 nitrogen and oxygen atoms in total. The molecule has 3 rings (SSSR count). The minimum atomic E-state index is -4.49. The molecule has 0 unspecified atom stereocenters. The monoisotopic (exact) mass is 383 g/mol. The van der Waals surface area contributed by atoms with E-state index in [0.717, 1.165) is 12.3 Å². The van der Waals surface area contributed by atoms with Gasteiger partial charge in [0, 0.05) is 12.4 Å². The van der Waals surface area contributed by atoms with E-state index in [2.05, 4.69) is 15.1 Å². The molecule has 3 aromatic rings. The number of nitriles is 1. The quantitative estimate of drug-likeness (QED) is 0.622. The number of nitrogens with zero attached hydrogens (tertiary/aromatic N) is 5. The summed E-state index contributed by atoms with van der Waals surface area (Å²) < 4.78 is 39.6. The normalized spacial score (nSPS) is 13.0. The Kier molecular flexibility index (Phi) is 4.58. The first-order valence-corrected chi connectivity index (χ1v) is 8.19. The lowest BCUT2D eigenvalue weighted by atomic mass is 10.3. The summed E-state index contributed by atoms with van der Waals surface area (Å²) in [7, 11) is 0. The third-order valence-corrected chi connectivity index (χ3v) is 4.93. The fraction of sp³-hybridized carbons (Fsp3) is 0.200. The molecule has 0 saturated carbocycles. The van der Waals surface area contributed by atoms with Crippen LogP contribution in [0.15, 0.2) is 35.7 Å². The fourth-order valence-corrected chi connectivity index (χ4v) is 3.41. The second-order valence-corrected chi connectivity index (χ2v) is 6.78. The van der Waals surface area contributed by atoms with E-state index in [9.17, 15) is 13.2 Å². The number of rotatable bonds is 3. The van der Waals surface area contributed by atoms with Gasteiger partial charge in [-0.1, -0.05) is 23.4 Å². The van der Waals surface area contributed by atoms with Gasteiger partial charge in [-0.25, -0.2) is 14.5 Å². The van der Waals surface area contributed by atoms with Crippen LogP contribution in [-0.2, 0) is 6.18 Å². The molecule has 0 saturated heterocycles. The Hall–Kier alpha value is -2.31. The van der Waals surface area contributed by atoms with Crippen LogP contribution >= 0.6 is 23.4 Å². The molecule has 3 heterocycles. The van der Waals surface area contributed by atoms with Gasteiger partial charge in [0.25, 0.3) is 0 Å². The van der Waals surface area contributed by atoms with E-state index in [4.69, 9.17) is 16.9 Å². The van der Waals surface area contributed by atoms with Crippen molar-refractivity contribution in [3.8, 4) is 6.07 Å². The van der Waals surface area contributed by atoms with Crippen LogP contribution in [0.3, 0.4) is 0 Å². The zero-order valence-electron chi connectivity index (χ0n) is 12.6. The predicted octanol–water partition coefficient (Wildman–Crippen LogP) is 4.52. The van der Waals surface area contributed by atoms with Crippen molar-refractivity contribution in [1.82, 2.24) is 19.6 Å². The van der Waals surface area contributed by atoms with Crippen LogP contribution in [0, 0.1) is 11.3 Å². The Morgan fingerprint density at radius 1 is 1.32 bits per heavy atom. The number of hydrogen-bond donors (Lipinski definition) is 0. The zero-order valence-corrected chi connectivity index (χ0v) is 14.2. The first-order chi connectivity index (χ1) is 11.8. The molecule has 0 fully saturated rings. The van der Waals surface area contributed by atoms with Crippen LogP contribution in [0.4, 0.5) is 13.2 Å². The Morgan fingerprint density at radius 3 is 2.72 bits per heavy atom. The topological polar surface area (TPSA) is 66.9 Å². The molecule has 0 bridgehead atoms. The van der Waals surface area contributed by atoms with E-state index < -0.39 is 11.7 Å². The maximum Gasteiger partial charge on any atom is 0.417 e. The third kappa shape index (κ3) is 3.41. The lowest BCUT2D eigenvalue weighted by Crippen LogP contribution is -2.06. The van der Waals surface area contributed by atoms with Crippen molar-refractivity contribution < 1.29 is 13.2 Å². The molecule has 25 heavy (non-hydrogen) atoms. The number of thioether (sulfide) groups is 1. The van der Waals surface area contributed by atoms with Crippen molar-refractivity contribution in [3.63, 3.8) is 0 Å². The Bertz CT molecular complexity index is 979. The van der Waals surface area contributed by atoms with Crippen LogP contribution in [0.5, 0.6) is 0 Å². The van der Waals surface area contributed by atoms with Crippen LogP contribution in [0.2, 0.25) is 5.02 Å². The molecule has 1 atom stereocenters. The molecule has 0 radical (unpaired) electrons. The largest absolute Gasteiger partial charge is 0.417 e. The van der Waals surface area contributed by atoms with E-state index in [1.807, 2.05) is 13.0 Å². The summed E-state index contributed by atoms with van der Waals surface area (Å²) in [5.74, 6) is 0. The fourth-order valence-electron chi connectivity index (χ4n) is 2.19. The average Bonchev–Trinajstić information content (AvgIpc) is 2.98. The zero-order chi connectivity index (χ0) is 18.2. The van der Waals surface area contributed by atoms with Crippen LogP contribution in [0.1, 0.15) is 29.0 Å². The van der Waals surface area contributed by atoms with Crippen molar-refractivity contribution in [1.29, 1.82) is 5.26 Å². The van der Waals surface area contributed by atoms with E-state index in [1.54, 1.807) is 12.3 Å². The SMILES string of the molecule is C[C@H](Sc1ncc(C(F)(F)F)cc1Cl)c1ccnc2c(C#N)cnn12. The van der Waals surface area contributed by atoms with Gasteiger partial charge in [0.15, 0.2) is 5.65 Å². The van der Waals surface area contributed by atoms with Gasteiger partial charge in [0.05, 0.1) is 27.7 Å². The number of pyridine rings is 1. The summed E-state index contributed by atoms with van der Waals surface area (Å²) in [6.45, 7) is 1.84. The van der Waals surface area contributed by atoms with E-state index in [0.29, 0.717) is 16.9 Å². The minimum absolute atomic E-state index is 0.0739. The highest BCUT2D eigenvalue weighted by Crippen LogP contribution is 2.39. The number of aromatic nitrogens is 4. The molecule has 0 aliphatic rings. The number of halogens is 4. The number of hydrogen-bond acceptors (Lipinski definition) is 5. The second kappa shape index (κ2) is 6.54. The summed E-state index contributed by atoms with van der Waals surface area (Å²) in [4.78, 5) is 7.95. The maximum absolute atomic E-state index is 12.7. The molecule has 0 aliphatic carbocycles. The van der Waals surface area contributed by atoms with E-state index in [-0.39, 0.29) is 15.3 Å². The summed E-state index contributed by atoms with van der Waals surface area (Å²) in [5.41, 5.74) is 0.574. The average molecular weight is 384 g/mol. The van der Waals surface area contributed by atoms with E-state index >= 15 is 0 Å². The van der Waals surface area contributed by atoms with Crippen molar-refractivity contribution in [2.24, 2.45) is 0 Å². The summed E-state index contributed by atoms with van der Waals surface area (Å²) in [6.07, 6.45) is -0.783. The molecule has 10 heteroatoms. The second-order valence-electron chi connectivity index (χ2n) is 5.04. The van der Waals surface area contributed by atoms with Crippen molar-refractivity contribution in [3.05, 3.63) is 52.6 Å². The maximum atomic E-state index is 12.7. The van der Waals surface area contributed by atoms with Crippen molar-refractivity contribution in [2.45, 2.75) is 23.4 Å². The summed E-state index contributed by atoms with van der Waals surface area (Å²) in [6, 6.07) is 4.58. The Morgan fingerprint density at radius 2 is 2.08 bits per heavy atom. The third-order valence-electron chi connectivity index (χ3n) is 3.39. The number of fused-ring (bicyclic) bond motifs is 1. The van der Waals surface area contributed by atoms with Gasteiger partial charge in [0.1, 0.15) is 16.7 Å². The van der Waals surface area contributed by atoms with Gasteiger partial charge < -0.3 is 0 Å². The number of alkyl halides is 3. The van der Waals surface area contributed by atoms with Gasteiger partial charge in [-0.2, -0.15) is 23.5 Å². The summed E-state index contributed by atoms with van der Waals surface area (Å²) in [5, 5.41) is 13.2. The molecule has 0 aliphatic heterocycles. The first kappa shape index (κ1) is 17.5. The van der Waals surface area contributed by atoms with Gasteiger partial charge >= 0.3 is 6.18 Å². The molecule has 0 amide bonds. The molecule has 128 valence electrons. The summed E-state index contributed by atoms with van der Waals surface area (Å²) >= 11 is 7.14. The van der Waals surface area contributed by atoms with Crippen LogP contribution < -0.4 is 0 Å². The Labute approximate surface area is 149 Å². The minimum Gasteiger partial charge on any atom is -0.248 e. The molecule has 0 spiro atoms. The lowest BCUT2D eigenvalue weighted by Gasteiger charge is -2.14. The standard InChI is InChI=1S/C15H9ClF3N5S/c1-8(12-2-3-21-13-9(5-20)6-23-24(12)13)25-14-11(16)4-10(7-22-14)15(17,18)19/h2-4,6-8H,1H3/t8-/m0/s1. The molecular weight excluding hydrogens is 375 g/mol. The van der Waals surface area contributed by atoms with Crippen molar-refractivity contribution >= 4 is 29.0 Å². The molecule has 3 aromatic heterocycles. The smallest absolute Gasteiger partial charge is 0.248 e. The highest BCUT2D eigenvalue weighted by atomic mass is 35.5. The van der Waals surface area contributed by atoms with Crippen LogP contribution in [-0.4, -0.2) is 19.6 Å². The highest BCUT2D eigenvalue weighted by Gasteiger charge is 2.31. The molecule has 0 aromatic carbocycles. The first-order valence-electron chi connectivity index (χ1n) is 6.93. The highest BCUT2D eigenvalue weighted by molar-refractivity contribution is 7.99. The Balaban J connectivity index is 1.92. The van der Waals surface area contributed by atoms with Gasteiger partial charge in [0.2, 0.25) is 0 Å². The molecular formula is C15H9ClF3N5S.